The molecule has 0 aliphatic carbocycles. The standard InChI is InChI=1S/C21H26N6O3/c1-21(2,22)20(29)24-16(13-30-12-14-7-5-4-6-8-14)18-26-25-17-10-9-15(11-27(17)18)19(28)23-3/h4-11,16H,12-13,22H2,1-3H3,(H,23,28)(H,24,29)/t16-/m1/s1. The fourth-order valence-electron chi connectivity index (χ4n) is 2.82. The number of amides is 2. The number of benzene rings is 1. The van der Waals surface area contributed by atoms with Crippen molar-refractivity contribution in [2.45, 2.75) is 32.0 Å². The molecule has 158 valence electrons. The summed E-state index contributed by atoms with van der Waals surface area (Å²) in [5.41, 5.74) is 6.87. The molecule has 30 heavy (non-hydrogen) atoms. The monoisotopic (exact) mass is 410 g/mol. The van der Waals surface area contributed by atoms with Crippen LogP contribution in [-0.2, 0) is 16.1 Å². The number of aromatic nitrogens is 3. The van der Waals surface area contributed by atoms with Gasteiger partial charge >= 0.3 is 0 Å². The Labute approximate surface area is 174 Å². The maximum Gasteiger partial charge on any atom is 0.252 e. The lowest BCUT2D eigenvalue weighted by molar-refractivity contribution is -0.126. The molecule has 0 saturated heterocycles. The minimum Gasteiger partial charge on any atom is -0.374 e. The topological polar surface area (TPSA) is 124 Å². The van der Waals surface area contributed by atoms with Crippen molar-refractivity contribution >= 4 is 17.5 Å². The molecule has 1 atom stereocenters. The highest BCUT2D eigenvalue weighted by atomic mass is 16.5. The van der Waals surface area contributed by atoms with Crippen LogP contribution in [0.4, 0.5) is 0 Å². The Bertz CT molecular complexity index is 1030. The van der Waals surface area contributed by atoms with E-state index in [1.54, 1.807) is 43.6 Å². The molecule has 2 heterocycles. The van der Waals surface area contributed by atoms with Gasteiger partial charge in [-0.1, -0.05) is 30.3 Å². The van der Waals surface area contributed by atoms with Gasteiger partial charge in [-0.25, -0.2) is 0 Å². The Morgan fingerprint density at radius 1 is 1.17 bits per heavy atom. The maximum atomic E-state index is 12.5. The zero-order valence-electron chi connectivity index (χ0n) is 17.3. The van der Waals surface area contributed by atoms with Crippen LogP contribution in [0.5, 0.6) is 0 Å². The average Bonchev–Trinajstić information content (AvgIpc) is 3.15. The van der Waals surface area contributed by atoms with E-state index in [2.05, 4.69) is 20.8 Å². The minimum atomic E-state index is -1.08. The molecule has 0 saturated carbocycles. The molecule has 3 aromatic rings. The maximum absolute atomic E-state index is 12.5. The largest absolute Gasteiger partial charge is 0.374 e. The van der Waals surface area contributed by atoms with E-state index in [-0.39, 0.29) is 18.4 Å². The average molecular weight is 410 g/mol. The van der Waals surface area contributed by atoms with E-state index < -0.39 is 11.6 Å². The van der Waals surface area contributed by atoms with E-state index in [0.717, 1.165) is 5.56 Å². The lowest BCUT2D eigenvalue weighted by Gasteiger charge is -2.23. The molecule has 0 fully saturated rings. The molecule has 0 aliphatic rings. The second kappa shape index (κ2) is 9.02. The smallest absolute Gasteiger partial charge is 0.252 e. The number of hydrogen-bond donors (Lipinski definition) is 3. The number of nitrogens with two attached hydrogens (primary N) is 1. The summed E-state index contributed by atoms with van der Waals surface area (Å²) in [4.78, 5) is 24.6. The number of carbonyl (C=O) groups is 2. The van der Waals surface area contributed by atoms with Gasteiger partial charge in [-0.2, -0.15) is 0 Å². The lowest BCUT2D eigenvalue weighted by atomic mass is 10.1. The number of fused-ring (bicyclic) bond motifs is 1. The van der Waals surface area contributed by atoms with E-state index in [4.69, 9.17) is 10.5 Å². The first-order chi connectivity index (χ1) is 14.3. The van der Waals surface area contributed by atoms with Crippen molar-refractivity contribution in [1.29, 1.82) is 0 Å². The van der Waals surface area contributed by atoms with E-state index in [9.17, 15) is 9.59 Å². The van der Waals surface area contributed by atoms with Crippen molar-refractivity contribution in [1.82, 2.24) is 25.2 Å². The highest BCUT2D eigenvalue weighted by Gasteiger charge is 2.28. The highest BCUT2D eigenvalue weighted by Crippen LogP contribution is 2.17. The van der Waals surface area contributed by atoms with Crippen LogP contribution in [0.15, 0.2) is 48.7 Å². The van der Waals surface area contributed by atoms with Crippen LogP contribution < -0.4 is 16.4 Å². The first kappa shape index (κ1) is 21.4. The number of ether oxygens (including phenoxy) is 1. The summed E-state index contributed by atoms with van der Waals surface area (Å²) in [6, 6.07) is 12.5. The van der Waals surface area contributed by atoms with Gasteiger partial charge in [0.15, 0.2) is 11.5 Å². The lowest BCUT2D eigenvalue weighted by Crippen LogP contribution is -2.50. The molecular formula is C21H26N6O3. The summed E-state index contributed by atoms with van der Waals surface area (Å²) in [6.45, 7) is 3.77. The summed E-state index contributed by atoms with van der Waals surface area (Å²) < 4.78 is 7.52. The molecule has 1 aromatic carbocycles. The zero-order chi connectivity index (χ0) is 21.7. The third-order valence-electron chi connectivity index (χ3n) is 4.52. The second-order valence-electron chi connectivity index (χ2n) is 7.53. The molecule has 9 heteroatoms. The van der Waals surface area contributed by atoms with Gasteiger partial charge in [0.2, 0.25) is 5.91 Å². The number of pyridine rings is 1. The van der Waals surface area contributed by atoms with Crippen molar-refractivity contribution in [2.75, 3.05) is 13.7 Å². The Morgan fingerprint density at radius 2 is 1.90 bits per heavy atom. The van der Waals surface area contributed by atoms with E-state index >= 15 is 0 Å². The van der Waals surface area contributed by atoms with Crippen molar-refractivity contribution in [3.8, 4) is 0 Å². The van der Waals surface area contributed by atoms with E-state index in [1.807, 2.05) is 30.3 Å². The summed E-state index contributed by atoms with van der Waals surface area (Å²) >= 11 is 0. The summed E-state index contributed by atoms with van der Waals surface area (Å²) in [5.74, 6) is -0.142. The van der Waals surface area contributed by atoms with Gasteiger partial charge in [0.1, 0.15) is 6.04 Å². The SMILES string of the molecule is CNC(=O)c1ccc2nnc([C@@H](COCc3ccccc3)NC(=O)C(C)(C)N)n2c1. The van der Waals surface area contributed by atoms with Gasteiger partial charge in [0.25, 0.3) is 5.91 Å². The summed E-state index contributed by atoms with van der Waals surface area (Å²) in [5, 5.41) is 13.8. The van der Waals surface area contributed by atoms with E-state index in [1.165, 1.54) is 0 Å². The molecule has 2 amide bonds. The van der Waals surface area contributed by atoms with Gasteiger partial charge in [0.05, 0.1) is 24.3 Å². The Balaban J connectivity index is 1.88. The number of carbonyl (C=O) groups excluding carboxylic acids is 2. The Hall–Kier alpha value is -3.30. The second-order valence-corrected chi connectivity index (χ2v) is 7.53. The third kappa shape index (κ3) is 5.00. The van der Waals surface area contributed by atoms with Gasteiger partial charge in [-0.3, -0.25) is 14.0 Å². The number of nitrogens with zero attached hydrogens (tertiary/aromatic N) is 3. The molecule has 0 aliphatic heterocycles. The van der Waals surface area contributed by atoms with Crippen molar-refractivity contribution in [3.63, 3.8) is 0 Å². The molecule has 4 N–H and O–H groups in total. The van der Waals surface area contributed by atoms with Gasteiger partial charge < -0.3 is 21.1 Å². The summed E-state index contributed by atoms with van der Waals surface area (Å²) in [6.07, 6.45) is 1.63. The molecule has 0 unspecified atom stereocenters. The van der Waals surface area contributed by atoms with Crippen LogP contribution in [0, 0.1) is 0 Å². The fourth-order valence-corrected chi connectivity index (χ4v) is 2.82. The number of nitrogens with one attached hydrogen (secondary N) is 2. The van der Waals surface area contributed by atoms with Crippen molar-refractivity contribution in [3.05, 3.63) is 65.6 Å². The van der Waals surface area contributed by atoms with Crippen LogP contribution in [0.25, 0.3) is 5.65 Å². The van der Waals surface area contributed by atoms with Crippen LogP contribution in [0.2, 0.25) is 0 Å². The Kier molecular flexibility index (Phi) is 6.43. The normalized spacial score (nSPS) is 12.5. The molecule has 0 bridgehead atoms. The van der Waals surface area contributed by atoms with Crippen LogP contribution in [0.1, 0.15) is 41.6 Å². The fraction of sp³-hybridized carbons (Fsp3) is 0.333. The Morgan fingerprint density at radius 3 is 2.57 bits per heavy atom. The predicted octanol–water partition coefficient (Wildman–Crippen LogP) is 1.20. The zero-order valence-corrected chi connectivity index (χ0v) is 17.3. The molecule has 2 aromatic heterocycles. The molecule has 3 rings (SSSR count). The quantitative estimate of drug-likeness (QED) is 0.513. The van der Waals surface area contributed by atoms with Gasteiger partial charge in [0, 0.05) is 13.2 Å². The van der Waals surface area contributed by atoms with Crippen LogP contribution >= 0.6 is 0 Å². The van der Waals surface area contributed by atoms with Gasteiger partial charge in [-0.15, -0.1) is 10.2 Å². The van der Waals surface area contributed by atoms with E-state index in [0.29, 0.717) is 23.6 Å². The first-order valence-corrected chi connectivity index (χ1v) is 9.58. The highest BCUT2D eigenvalue weighted by molar-refractivity contribution is 5.94. The molecular weight excluding hydrogens is 384 g/mol. The molecule has 9 nitrogen and oxygen atoms in total. The van der Waals surface area contributed by atoms with Crippen LogP contribution in [-0.4, -0.2) is 45.6 Å². The third-order valence-corrected chi connectivity index (χ3v) is 4.52. The van der Waals surface area contributed by atoms with Crippen LogP contribution in [0.3, 0.4) is 0 Å². The molecule has 0 radical (unpaired) electrons. The predicted molar refractivity (Wildman–Crippen MR) is 112 cm³/mol. The van der Waals surface area contributed by atoms with Crippen molar-refractivity contribution < 1.29 is 14.3 Å². The number of rotatable bonds is 8. The van der Waals surface area contributed by atoms with Gasteiger partial charge in [-0.05, 0) is 31.5 Å². The number of hydrogen-bond acceptors (Lipinski definition) is 6. The summed E-state index contributed by atoms with van der Waals surface area (Å²) in [7, 11) is 1.56. The first-order valence-electron chi connectivity index (χ1n) is 9.58. The minimum absolute atomic E-state index is 0.154. The van der Waals surface area contributed by atoms with Crippen molar-refractivity contribution in [2.24, 2.45) is 5.73 Å². The molecule has 0 spiro atoms.